The summed E-state index contributed by atoms with van der Waals surface area (Å²) in [5.41, 5.74) is -0.0487. The van der Waals surface area contributed by atoms with E-state index in [0.717, 1.165) is 0 Å². The molecule has 1 N–H and O–H groups in total. The fraction of sp³-hybridized carbons (Fsp3) is 0.500. The summed E-state index contributed by atoms with van der Waals surface area (Å²) < 4.78 is 31.3. The topological polar surface area (TPSA) is 29.5 Å². The van der Waals surface area contributed by atoms with Crippen molar-refractivity contribution >= 4 is 0 Å². The number of methoxy groups -OCH3 is 1. The number of ether oxygens (including phenoxy) is 1. The molecule has 0 fully saturated rings. The van der Waals surface area contributed by atoms with Crippen molar-refractivity contribution in [2.75, 3.05) is 13.7 Å². The van der Waals surface area contributed by atoms with Gasteiger partial charge in [0.15, 0.2) is 0 Å². The van der Waals surface area contributed by atoms with Crippen molar-refractivity contribution in [1.29, 1.82) is 0 Å². The first kappa shape index (κ1) is 13.1. The lowest BCUT2D eigenvalue weighted by atomic mass is 10.0. The third-order valence-corrected chi connectivity index (χ3v) is 2.39. The lowest BCUT2D eigenvalue weighted by Crippen LogP contribution is -2.13. The average molecular weight is 230 g/mol. The van der Waals surface area contributed by atoms with Crippen LogP contribution in [0, 0.1) is 11.6 Å². The maximum Gasteiger partial charge on any atom is 0.129 e. The molecule has 16 heavy (non-hydrogen) atoms. The second-order valence-corrected chi connectivity index (χ2v) is 3.69. The van der Waals surface area contributed by atoms with Gasteiger partial charge >= 0.3 is 0 Å². The molecule has 0 aromatic heterocycles. The van der Waals surface area contributed by atoms with Crippen LogP contribution in [0.25, 0.3) is 0 Å². The molecule has 0 spiro atoms. The Morgan fingerprint density at radius 2 is 1.94 bits per heavy atom. The van der Waals surface area contributed by atoms with Crippen molar-refractivity contribution in [1.82, 2.24) is 0 Å². The maximum absolute atomic E-state index is 13.2. The van der Waals surface area contributed by atoms with Gasteiger partial charge in [0.25, 0.3) is 0 Å². The van der Waals surface area contributed by atoms with Crippen molar-refractivity contribution in [2.24, 2.45) is 0 Å². The van der Waals surface area contributed by atoms with Crippen LogP contribution in [-0.2, 0) is 11.2 Å². The van der Waals surface area contributed by atoms with E-state index in [1.54, 1.807) is 7.11 Å². The number of aliphatic hydroxyl groups is 1. The van der Waals surface area contributed by atoms with E-state index in [0.29, 0.717) is 19.4 Å². The first-order chi connectivity index (χ1) is 7.65. The minimum Gasteiger partial charge on any atom is -0.393 e. The molecule has 1 aromatic rings. The van der Waals surface area contributed by atoms with E-state index in [-0.39, 0.29) is 12.0 Å². The third-order valence-electron chi connectivity index (χ3n) is 2.39. The molecule has 1 aromatic carbocycles. The minimum atomic E-state index is -0.735. The van der Waals surface area contributed by atoms with Crippen molar-refractivity contribution < 1.29 is 18.6 Å². The summed E-state index contributed by atoms with van der Waals surface area (Å²) in [6, 6.07) is 3.70. The zero-order valence-corrected chi connectivity index (χ0v) is 9.25. The highest BCUT2D eigenvalue weighted by Crippen LogP contribution is 2.15. The fourth-order valence-electron chi connectivity index (χ4n) is 1.53. The third kappa shape index (κ3) is 3.87. The molecule has 0 aliphatic heterocycles. The highest BCUT2D eigenvalue weighted by Gasteiger charge is 2.13. The molecule has 1 rings (SSSR count). The Hall–Kier alpha value is -1.00. The van der Waals surface area contributed by atoms with Crippen molar-refractivity contribution in [3.05, 3.63) is 35.4 Å². The Kier molecular flexibility index (Phi) is 5.35. The summed E-state index contributed by atoms with van der Waals surface area (Å²) in [6.45, 7) is 0.539. The number of halogens is 2. The predicted octanol–water partition coefficient (Wildman–Crippen LogP) is 2.29. The number of aliphatic hydroxyl groups excluding tert-OH is 1. The Labute approximate surface area is 93.9 Å². The molecule has 0 amide bonds. The number of hydrogen-bond donors (Lipinski definition) is 1. The summed E-state index contributed by atoms with van der Waals surface area (Å²) >= 11 is 0. The van der Waals surface area contributed by atoms with E-state index in [4.69, 9.17) is 4.74 Å². The maximum atomic E-state index is 13.2. The van der Waals surface area contributed by atoms with Crippen LogP contribution >= 0.6 is 0 Å². The van der Waals surface area contributed by atoms with Crippen LogP contribution in [0.5, 0.6) is 0 Å². The summed E-state index contributed by atoms with van der Waals surface area (Å²) in [5.74, 6) is -1.21. The SMILES string of the molecule is COCCCC(O)Cc1c(F)cccc1F. The van der Waals surface area contributed by atoms with Gasteiger partial charge in [-0.3, -0.25) is 0 Å². The highest BCUT2D eigenvalue weighted by molar-refractivity contribution is 5.20. The summed E-state index contributed by atoms with van der Waals surface area (Å²) in [6.07, 6.45) is 0.416. The number of rotatable bonds is 6. The molecule has 2 nitrogen and oxygen atoms in total. The molecule has 0 saturated carbocycles. The summed E-state index contributed by atoms with van der Waals surface area (Å²) in [7, 11) is 1.57. The van der Waals surface area contributed by atoms with Gasteiger partial charge in [0, 0.05) is 25.7 Å². The monoisotopic (exact) mass is 230 g/mol. The van der Waals surface area contributed by atoms with Gasteiger partial charge in [-0.05, 0) is 25.0 Å². The fourth-order valence-corrected chi connectivity index (χ4v) is 1.53. The molecule has 0 bridgehead atoms. The van der Waals surface area contributed by atoms with Crippen LogP contribution in [0.4, 0.5) is 8.78 Å². The van der Waals surface area contributed by atoms with Gasteiger partial charge in [-0.15, -0.1) is 0 Å². The van der Waals surface area contributed by atoms with Crippen LogP contribution in [0.15, 0.2) is 18.2 Å². The molecular weight excluding hydrogens is 214 g/mol. The zero-order valence-electron chi connectivity index (χ0n) is 9.25. The standard InChI is InChI=1S/C12H16F2O2/c1-16-7-3-4-9(15)8-10-11(13)5-2-6-12(10)14/h2,5-6,9,15H,3-4,7-8H2,1H3. The molecule has 0 saturated heterocycles. The van der Waals surface area contributed by atoms with E-state index in [2.05, 4.69) is 0 Å². The normalized spacial score (nSPS) is 12.8. The van der Waals surface area contributed by atoms with Gasteiger partial charge in [0.05, 0.1) is 6.10 Å². The second-order valence-electron chi connectivity index (χ2n) is 3.69. The van der Waals surface area contributed by atoms with Gasteiger partial charge in [-0.2, -0.15) is 0 Å². The van der Waals surface area contributed by atoms with Gasteiger partial charge in [0.2, 0.25) is 0 Å². The molecule has 0 aliphatic rings. The summed E-state index contributed by atoms with van der Waals surface area (Å²) in [4.78, 5) is 0. The van der Waals surface area contributed by atoms with Crippen LogP contribution in [0.3, 0.4) is 0 Å². The molecule has 4 heteroatoms. The Balaban J connectivity index is 2.52. The molecule has 0 radical (unpaired) electrons. The van der Waals surface area contributed by atoms with Gasteiger partial charge < -0.3 is 9.84 Å². The minimum absolute atomic E-state index is 0.00220. The highest BCUT2D eigenvalue weighted by atomic mass is 19.1. The van der Waals surface area contributed by atoms with Crippen molar-refractivity contribution in [2.45, 2.75) is 25.4 Å². The molecular formula is C12H16F2O2. The molecule has 1 atom stereocenters. The lowest BCUT2D eigenvalue weighted by molar-refractivity contribution is 0.133. The Bertz CT molecular complexity index is 309. The zero-order chi connectivity index (χ0) is 12.0. The van der Waals surface area contributed by atoms with E-state index >= 15 is 0 Å². The Morgan fingerprint density at radius 3 is 2.50 bits per heavy atom. The van der Waals surface area contributed by atoms with E-state index in [1.165, 1.54) is 18.2 Å². The predicted molar refractivity (Wildman–Crippen MR) is 57.2 cm³/mol. The van der Waals surface area contributed by atoms with E-state index in [9.17, 15) is 13.9 Å². The smallest absolute Gasteiger partial charge is 0.129 e. The molecule has 0 aliphatic carbocycles. The van der Waals surface area contributed by atoms with E-state index < -0.39 is 17.7 Å². The van der Waals surface area contributed by atoms with Crippen LogP contribution in [-0.4, -0.2) is 24.9 Å². The van der Waals surface area contributed by atoms with Gasteiger partial charge in [-0.1, -0.05) is 6.07 Å². The quantitative estimate of drug-likeness (QED) is 0.760. The summed E-state index contributed by atoms with van der Waals surface area (Å²) in [5, 5.41) is 9.59. The first-order valence-electron chi connectivity index (χ1n) is 5.25. The molecule has 90 valence electrons. The number of hydrogen-bond acceptors (Lipinski definition) is 2. The van der Waals surface area contributed by atoms with Crippen molar-refractivity contribution in [3.63, 3.8) is 0 Å². The second kappa shape index (κ2) is 6.55. The van der Waals surface area contributed by atoms with Crippen LogP contribution < -0.4 is 0 Å². The number of benzene rings is 1. The van der Waals surface area contributed by atoms with Crippen molar-refractivity contribution in [3.8, 4) is 0 Å². The average Bonchev–Trinajstić information content (AvgIpc) is 2.24. The molecule has 1 unspecified atom stereocenters. The largest absolute Gasteiger partial charge is 0.393 e. The lowest BCUT2D eigenvalue weighted by Gasteiger charge is -2.11. The first-order valence-corrected chi connectivity index (χ1v) is 5.25. The van der Waals surface area contributed by atoms with Gasteiger partial charge in [-0.25, -0.2) is 8.78 Å². The van der Waals surface area contributed by atoms with Crippen LogP contribution in [0.2, 0.25) is 0 Å². The van der Waals surface area contributed by atoms with E-state index in [1.807, 2.05) is 0 Å². The Morgan fingerprint density at radius 1 is 1.31 bits per heavy atom. The van der Waals surface area contributed by atoms with Gasteiger partial charge in [0.1, 0.15) is 11.6 Å². The van der Waals surface area contributed by atoms with Crippen LogP contribution in [0.1, 0.15) is 18.4 Å². The molecule has 0 heterocycles.